The number of methoxy groups -OCH3 is 1. The molecule has 2 heterocycles. The van der Waals surface area contributed by atoms with E-state index in [1.807, 2.05) is 0 Å². The van der Waals surface area contributed by atoms with Crippen molar-refractivity contribution in [2.24, 2.45) is 5.92 Å². The molecule has 3 fully saturated rings. The number of ether oxygens (including phenoxy) is 1. The number of carbonyl (C=O) groups is 2. The summed E-state index contributed by atoms with van der Waals surface area (Å²) in [4.78, 5) is 27.9. The Hall–Kier alpha value is -1.71. The van der Waals surface area contributed by atoms with Crippen LogP contribution in [0.4, 0.5) is 5.69 Å². The zero-order valence-electron chi connectivity index (χ0n) is 20.1. The van der Waals surface area contributed by atoms with Crippen molar-refractivity contribution in [3.63, 3.8) is 0 Å². The fourth-order valence-electron chi connectivity index (χ4n) is 5.81. The Balaban J connectivity index is 1.47. The fraction of sp³-hybridized carbons (Fsp3) is 0.680. The third-order valence-corrected chi connectivity index (χ3v) is 8.03. The minimum Gasteiger partial charge on any atom is -0.465 e. The summed E-state index contributed by atoms with van der Waals surface area (Å²) in [5.41, 5.74) is 7.37. The van der Waals surface area contributed by atoms with Crippen LogP contribution < -0.4 is 21.5 Å². The number of amides is 1. The smallest absolute Gasteiger partial charge is 0.340 e. The van der Waals surface area contributed by atoms with Gasteiger partial charge < -0.3 is 15.4 Å². The lowest BCUT2D eigenvalue weighted by Gasteiger charge is -2.51. The molecule has 4 rings (SSSR count). The second-order valence-electron chi connectivity index (χ2n) is 9.75. The van der Waals surface area contributed by atoms with Gasteiger partial charge in [0.2, 0.25) is 5.91 Å². The third kappa shape index (κ3) is 5.57. The first-order valence-electron chi connectivity index (χ1n) is 12.7. The van der Waals surface area contributed by atoms with E-state index in [2.05, 4.69) is 26.4 Å². The first-order chi connectivity index (χ1) is 16.5. The van der Waals surface area contributed by atoms with Crippen molar-refractivity contribution in [1.29, 1.82) is 0 Å². The molecule has 2 unspecified atom stereocenters. The molecule has 188 valence electrons. The Kier molecular flexibility index (Phi) is 8.82. The number of benzene rings is 1. The molecule has 0 radical (unpaired) electrons. The van der Waals surface area contributed by atoms with Crippen LogP contribution in [0.25, 0.3) is 0 Å². The molecule has 8 nitrogen and oxygen atoms in total. The third-order valence-electron chi connectivity index (χ3n) is 7.72. The standard InChI is InChI=1S/C25H38ClN5O3/c1-34-24(33)19-11-8-12-20(26)22(19)28-23(32)21-13-14-25(30-29-21,31-16-15-27-17-31)18-9-6-4-2-3-5-7-10-18/h8,11-12,18,21,27,29-30H,2-7,9-10,13-17H2,1H3,(H,28,32). The Morgan fingerprint density at radius 2 is 1.85 bits per heavy atom. The Morgan fingerprint density at radius 3 is 2.47 bits per heavy atom. The van der Waals surface area contributed by atoms with Crippen LogP contribution in [-0.4, -0.2) is 55.3 Å². The predicted molar refractivity (Wildman–Crippen MR) is 133 cm³/mol. The number of nitrogens with zero attached hydrogens (tertiary/aromatic N) is 1. The van der Waals surface area contributed by atoms with E-state index in [-0.39, 0.29) is 17.1 Å². The summed E-state index contributed by atoms with van der Waals surface area (Å²) >= 11 is 6.32. The Bertz CT molecular complexity index is 843. The van der Waals surface area contributed by atoms with Crippen LogP contribution in [0.15, 0.2) is 18.2 Å². The zero-order valence-corrected chi connectivity index (χ0v) is 20.9. The van der Waals surface area contributed by atoms with E-state index >= 15 is 0 Å². The molecule has 0 bridgehead atoms. The highest BCUT2D eigenvalue weighted by Gasteiger charge is 2.47. The Labute approximate surface area is 207 Å². The van der Waals surface area contributed by atoms with Gasteiger partial charge in [-0.25, -0.2) is 15.6 Å². The van der Waals surface area contributed by atoms with Crippen LogP contribution in [0.5, 0.6) is 0 Å². The number of hydrogen-bond acceptors (Lipinski definition) is 7. The van der Waals surface area contributed by atoms with Gasteiger partial charge in [0, 0.05) is 19.8 Å². The molecule has 1 saturated carbocycles. The van der Waals surface area contributed by atoms with Crippen LogP contribution in [-0.2, 0) is 9.53 Å². The average Bonchev–Trinajstić information content (AvgIpc) is 3.44. The molecule has 1 amide bonds. The molecular formula is C25H38ClN5O3. The van der Waals surface area contributed by atoms with Crippen molar-refractivity contribution >= 4 is 29.2 Å². The lowest BCUT2D eigenvalue weighted by molar-refractivity contribution is -0.122. The number of rotatable bonds is 5. The topological polar surface area (TPSA) is 94.7 Å². The summed E-state index contributed by atoms with van der Waals surface area (Å²) in [5.74, 6) is -0.210. The number of nitrogens with one attached hydrogen (secondary N) is 4. The van der Waals surface area contributed by atoms with Gasteiger partial charge in [-0.3, -0.25) is 9.69 Å². The van der Waals surface area contributed by atoms with Gasteiger partial charge in [0.05, 0.1) is 29.0 Å². The van der Waals surface area contributed by atoms with E-state index < -0.39 is 12.0 Å². The summed E-state index contributed by atoms with van der Waals surface area (Å²) < 4.78 is 4.85. The van der Waals surface area contributed by atoms with Crippen molar-refractivity contribution in [2.75, 3.05) is 32.2 Å². The first-order valence-corrected chi connectivity index (χ1v) is 13.1. The highest BCUT2D eigenvalue weighted by atomic mass is 35.5. The molecule has 0 aromatic heterocycles. The monoisotopic (exact) mass is 491 g/mol. The fourth-order valence-corrected chi connectivity index (χ4v) is 6.03. The first kappa shape index (κ1) is 25.4. The van der Waals surface area contributed by atoms with Crippen LogP contribution in [0.1, 0.15) is 74.6 Å². The second kappa shape index (κ2) is 11.8. The molecule has 1 aromatic carbocycles. The predicted octanol–water partition coefficient (Wildman–Crippen LogP) is 3.63. The van der Waals surface area contributed by atoms with Gasteiger partial charge in [0.15, 0.2) is 0 Å². The molecule has 4 N–H and O–H groups in total. The highest BCUT2D eigenvalue weighted by molar-refractivity contribution is 6.34. The van der Waals surface area contributed by atoms with Gasteiger partial charge in [0.1, 0.15) is 6.04 Å². The number of anilines is 1. The summed E-state index contributed by atoms with van der Waals surface area (Å²) in [7, 11) is 1.31. The minimum absolute atomic E-state index is 0.161. The van der Waals surface area contributed by atoms with Crippen LogP contribution in [0, 0.1) is 5.92 Å². The molecule has 2 saturated heterocycles. The van der Waals surface area contributed by atoms with Gasteiger partial charge in [-0.05, 0) is 43.7 Å². The van der Waals surface area contributed by atoms with E-state index in [1.165, 1.54) is 58.5 Å². The quantitative estimate of drug-likeness (QED) is 0.467. The maximum atomic E-state index is 13.2. The van der Waals surface area contributed by atoms with E-state index in [4.69, 9.17) is 16.3 Å². The normalized spacial score (nSPS) is 27.4. The Morgan fingerprint density at radius 1 is 1.12 bits per heavy atom. The second-order valence-corrected chi connectivity index (χ2v) is 10.2. The van der Waals surface area contributed by atoms with Crippen molar-refractivity contribution in [3.8, 4) is 0 Å². The van der Waals surface area contributed by atoms with Gasteiger partial charge in [-0.2, -0.15) is 0 Å². The van der Waals surface area contributed by atoms with Crippen molar-refractivity contribution < 1.29 is 14.3 Å². The number of esters is 1. The molecule has 0 spiro atoms. The molecule has 3 aliphatic rings. The van der Waals surface area contributed by atoms with E-state index in [0.717, 1.165) is 26.2 Å². The molecule has 2 aliphatic heterocycles. The van der Waals surface area contributed by atoms with Crippen molar-refractivity contribution in [3.05, 3.63) is 28.8 Å². The van der Waals surface area contributed by atoms with E-state index in [1.54, 1.807) is 18.2 Å². The number of hydrogen-bond donors (Lipinski definition) is 4. The minimum atomic E-state index is -0.534. The average molecular weight is 492 g/mol. The SMILES string of the molecule is COC(=O)c1cccc(Cl)c1NC(=O)C1CCC(C2CCCCCCCC2)(N2CCNC2)NN1. The summed E-state index contributed by atoms with van der Waals surface area (Å²) in [5, 5.41) is 6.66. The van der Waals surface area contributed by atoms with Gasteiger partial charge in [-0.1, -0.05) is 56.2 Å². The summed E-state index contributed by atoms with van der Waals surface area (Å²) in [6.45, 7) is 2.86. The van der Waals surface area contributed by atoms with Crippen molar-refractivity contribution in [1.82, 2.24) is 21.1 Å². The summed E-state index contributed by atoms with van der Waals surface area (Å²) in [6.07, 6.45) is 11.8. The maximum absolute atomic E-state index is 13.2. The number of para-hydroxylation sites is 1. The molecule has 1 aromatic rings. The maximum Gasteiger partial charge on any atom is 0.340 e. The molecule has 1 aliphatic carbocycles. The summed E-state index contributed by atoms with van der Waals surface area (Å²) in [6, 6.07) is 4.49. The van der Waals surface area contributed by atoms with Crippen molar-refractivity contribution in [2.45, 2.75) is 75.9 Å². The number of carbonyl (C=O) groups excluding carboxylic acids is 2. The van der Waals surface area contributed by atoms with Gasteiger partial charge >= 0.3 is 5.97 Å². The lowest BCUT2D eigenvalue weighted by Crippen LogP contribution is -2.72. The van der Waals surface area contributed by atoms with E-state index in [0.29, 0.717) is 23.0 Å². The van der Waals surface area contributed by atoms with E-state index in [9.17, 15) is 9.59 Å². The van der Waals surface area contributed by atoms with Crippen LogP contribution in [0.2, 0.25) is 5.02 Å². The largest absolute Gasteiger partial charge is 0.465 e. The molecule has 9 heteroatoms. The molecular weight excluding hydrogens is 454 g/mol. The zero-order chi connectivity index (χ0) is 24.0. The van der Waals surface area contributed by atoms with Gasteiger partial charge in [-0.15, -0.1) is 0 Å². The van der Waals surface area contributed by atoms with Crippen LogP contribution in [0.3, 0.4) is 0 Å². The lowest BCUT2D eigenvalue weighted by atomic mass is 9.78. The van der Waals surface area contributed by atoms with Crippen LogP contribution >= 0.6 is 11.6 Å². The molecule has 34 heavy (non-hydrogen) atoms. The number of halogens is 1. The number of hydrazine groups is 1. The highest BCUT2D eigenvalue weighted by Crippen LogP contribution is 2.38. The molecule has 2 atom stereocenters. The van der Waals surface area contributed by atoms with Gasteiger partial charge in [0.25, 0.3) is 0 Å².